The van der Waals surface area contributed by atoms with Gasteiger partial charge in [0.05, 0.1) is 12.1 Å². The number of sulfone groups is 1. The number of carbonyl (C=O) groups excluding carboxylic acids is 3. The number of hydrogen-bond donors (Lipinski definition) is 0. The normalized spacial score (nSPS) is 32.9. The predicted octanol–water partition coefficient (Wildman–Crippen LogP) is 0.779. The Labute approximate surface area is 132 Å². The van der Waals surface area contributed by atoms with Crippen LogP contribution in [0, 0.1) is 0 Å². The standard InChI is InChI=1S/C15H14N2O5S/c1-7(18)16-11-12(17(8(2)19)15(16)20)14-10-6-4-3-5-9(10)13(11)23(14,21)22/h3-6,11-14H,1-2H3/t11-,12+,13-,14+. The molecule has 3 heterocycles. The van der Waals surface area contributed by atoms with Crippen LogP contribution >= 0.6 is 0 Å². The van der Waals surface area contributed by atoms with E-state index in [1.54, 1.807) is 24.3 Å². The summed E-state index contributed by atoms with van der Waals surface area (Å²) in [6.07, 6.45) is 0. The van der Waals surface area contributed by atoms with Crippen molar-refractivity contribution in [3.63, 3.8) is 0 Å². The highest BCUT2D eigenvalue weighted by Gasteiger charge is 2.71. The Morgan fingerprint density at radius 1 is 0.913 bits per heavy atom. The molecule has 0 aromatic heterocycles. The zero-order valence-corrected chi connectivity index (χ0v) is 13.3. The molecule has 3 aliphatic rings. The van der Waals surface area contributed by atoms with Crippen molar-refractivity contribution in [2.45, 2.75) is 36.4 Å². The van der Waals surface area contributed by atoms with E-state index in [0.29, 0.717) is 11.1 Å². The molecule has 4 amide bonds. The highest BCUT2D eigenvalue weighted by molar-refractivity contribution is 7.92. The van der Waals surface area contributed by atoms with E-state index in [4.69, 9.17) is 0 Å². The number of imide groups is 2. The van der Waals surface area contributed by atoms with Crippen LogP contribution in [0.25, 0.3) is 0 Å². The van der Waals surface area contributed by atoms with Gasteiger partial charge in [-0.2, -0.15) is 0 Å². The van der Waals surface area contributed by atoms with Gasteiger partial charge in [-0.05, 0) is 11.1 Å². The van der Waals surface area contributed by atoms with Crippen molar-refractivity contribution in [2.24, 2.45) is 0 Å². The van der Waals surface area contributed by atoms with Crippen molar-refractivity contribution >= 4 is 27.7 Å². The summed E-state index contributed by atoms with van der Waals surface area (Å²) in [4.78, 5) is 38.2. The Balaban J connectivity index is 2.00. The van der Waals surface area contributed by atoms with Crippen molar-refractivity contribution in [3.8, 4) is 0 Å². The third kappa shape index (κ3) is 1.49. The molecule has 0 N–H and O–H groups in total. The first-order valence-corrected chi connectivity index (χ1v) is 8.84. The number of nitrogens with zero attached hydrogens (tertiary/aromatic N) is 2. The van der Waals surface area contributed by atoms with E-state index in [1.165, 1.54) is 13.8 Å². The molecule has 0 spiro atoms. The topological polar surface area (TPSA) is 91.8 Å². The van der Waals surface area contributed by atoms with Crippen LogP contribution in [-0.4, -0.2) is 48.1 Å². The SMILES string of the molecule is CC(=O)N1C(=O)N(C(C)=O)[C@H]2[C@@H]1[C@H]1c3ccccc3[C@@H]2S1(=O)=O. The lowest BCUT2D eigenvalue weighted by molar-refractivity contribution is -0.127. The molecule has 0 aliphatic carbocycles. The molecule has 120 valence electrons. The highest BCUT2D eigenvalue weighted by atomic mass is 32.2. The number of urea groups is 1. The van der Waals surface area contributed by atoms with Gasteiger partial charge < -0.3 is 0 Å². The van der Waals surface area contributed by atoms with Gasteiger partial charge in [-0.1, -0.05) is 24.3 Å². The fourth-order valence-electron chi connectivity index (χ4n) is 4.29. The molecular weight excluding hydrogens is 320 g/mol. The Hall–Kier alpha value is -2.22. The minimum absolute atomic E-state index is 0.547. The van der Waals surface area contributed by atoms with E-state index in [2.05, 4.69) is 0 Å². The summed E-state index contributed by atoms with van der Waals surface area (Å²) in [6, 6.07) is 4.50. The molecule has 1 aromatic rings. The van der Waals surface area contributed by atoms with Gasteiger partial charge in [0.25, 0.3) is 0 Å². The third-order valence-corrected chi connectivity index (χ3v) is 7.46. The van der Waals surface area contributed by atoms with E-state index < -0.39 is 50.3 Å². The Kier molecular flexibility index (Phi) is 2.62. The Bertz CT molecular complexity index is 815. The van der Waals surface area contributed by atoms with E-state index >= 15 is 0 Å². The fourth-order valence-corrected chi connectivity index (χ4v) is 7.09. The summed E-state index contributed by atoms with van der Waals surface area (Å²) in [5.74, 6) is -1.09. The minimum atomic E-state index is -3.61. The second kappa shape index (κ2) is 4.19. The average molecular weight is 334 g/mol. The quantitative estimate of drug-likeness (QED) is 0.654. The minimum Gasteiger partial charge on any atom is -0.275 e. The van der Waals surface area contributed by atoms with Crippen LogP contribution in [0.1, 0.15) is 35.5 Å². The van der Waals surface area contributed by atoms with Crippen LogP contribution in [0.15, 0.2) is 24.3 Å². The van der Waals surface area contributed by atoms with Gasteiger partial charge in [0.1, 0.15) is 10.5 Å². The van der Waals surface area contributed by atoms with Gasteiger partial charge in [-0.25, -0.2) is 13.2 Å². The maximum Gasteiger partial charge on any atom is 0.334 e. The molecule has 0 saturated carbocycles. The van der Waals surface area contributed by atoms with Crippen molar-refractivity contribution in [1.29, 1.82) is 0 Å². The van der Waals surface area contributed by atoms with Gasteiger partial charge in [0.2, 0.25) is 11.8 Å². The van der Waals surface area contributed by atoms with Crippen molar-refractivity contribution in [3.05, 3.63) is 35.4 Å². The molecule has 7 nitrogen and oxygen atoms in total. The molecule has 1 aromatic carbocycles. The molecule has 23 heavy (non-hydrogen) atoms. The molecule has 4 atom stereocenters. The van der Waals surface area contributed by atoms with E-state index in [1.807, 2.05) is 0 Å². The first-order chi connectivity index (χ1) is 10.8. The van der Waals surface area contributed by atoms with E-state index in [0.717, 1.165) is 9.80 Å². The summed E-state index contributed by atoms with van der Waals surface area (Å²) >= 11 is 0. The van der Waals surface area contributed by atoms with Crippen LogP contribution in [0.2, 0.25) is 0 Å². The smallest absolute Gasteiger partial charge is 0.275 e. The molecule has 2 saturated heterocycles. The molecule has 8 heteroatoms. The first-order valence-electron chi connectivity index (χ1n) is 7.23. The Morgan fingerprint density at radius 3 is 1.65 bits per heavy atom. The lowest BCUT2D eigenvalue weighted by Gasteiger charge is -2.28. The Morgan fingerprint density at radius 2 is 1.30 bits per heavy atom. The average Bonchev–Trinajstić information content (AvgIpc) is 2.95. The third-order valence-electron chi connectivity index (χ3n) is 4.97. The fraction of sp³-hybridized carbons (Fsp3) is 0.400. The van der Waals surface area contributed by atoms with Crippen molar-refractivity contribution < 1.29 is 22.8 Å². The molecule has 0 unspecified atom stereocenters. The molecule has 2 bridgehead atoms. The lowest BCUT2D eigenvalue weighted by Crippen LogP contribution is -2.43. The van der Waals surface area contributed by atoms with Crippen LogP contribution in [-0.2, 0) is 19.4 Å². The number of benzene rings is 1. The van der Waals surface area contributed by atoms with Crippen LogP contribution in [0.4, 0.5) is 4.79 Å². The number of rotatable bonds is 0. The van der Waals surface area contributed by atoms with E-state index in [-0.39, 0.29) is 0 Å². The number of fused-ring (bicyclic) bond motifs is 8. The molecule has 0 radical (unpaired) electrons. The number of hydrogen-bond acceptors (Lipinski definition) is 5. The monoisotopic (exact) mass is 334 g/mol. The maximum absolute atomic E-state index is 12.9. The zero-order chi connectivity index (χ0) is 16.7. The molecule has 3 aliphatic heterocycles. The second-order valence-corrected chi connectivity index (χ2v) is 8.29. The summed E-state index contributed by atoms with van der Waals surface area (Å²) < 4.78 is 25.8. The largest absolute Gasteiger partial charge is 0.334 e. The second-order valence-electron chi connectivity index (χ2n) is 6.10. The van der Waals surface area contributed by atoms with Crippen molar-refractivity contribution in [2.75, 3.05) is 0 Å². The number of amides is 4. The summed E-state index contributed by atoms with van der Waals surface area (Å²) in [5, 5.41) is -1.91. The van der Waals surface area contributed by atoms with Gasteiger partial charge in [-0.15, -0.1) is 0 Å². The summed E-state index contributed by atoms with van der Waals surface area (Å²) in [6.45, 7) is 2.42. The molecular formula is C15H14N2O5S. The van der Waals surface area contributed by atoms with Crippen LogP contribution < -0.4 is 0 Å². The predicted molar refractivity (Wildman–Crippen MR) is 78.9 cm³/mol. The highest BCUT2D eigenvalue weighted by Crippen LogP contribution is 2.60. The van der Waals surface area contributed by atoms with Crippen molar-refractivity contribution in [1.82, 2.24) is 9.80 Å². The molecule has 4 rings (SSSR count). The molecule has 2 fully saturated rings. The van der Waals surface area contributed by atoms with Crippen LogP contribution in [0.3, 0.4) is 0 Å². The zero-order valence-electron chi connectivity index (χ0n) is 12.5. The lowest BCUT2D eigenvalue weighted by atomic mass is 9.84. The number of carbonyl (C=O) groups is 3. The maximum atomic E-state index is 12.9. The summed E-state index contributed by atoms with van der Waals surface area (Å²) in [7, 11) is -3.61. The summed E-state index contributed by atoms with van der Waals surface area (Å²) in [5.41, 5.74) is 1.26. The van der Waals surface area contributed by atoms with Gasteiger partial charge in [0, 0.05) is 13.8 Å². The first kappa shape index (κ1) is 14.4. The van der Waals surface area contributed by atoms with Gasteiger partial charge >= 0.3 is 6.03 Å². The van der Waals surface area contributed by atoms with E-state index in [9.17, 15) is 22.8 Å². The van der Waals surface area contributed by atoms with Crippen LogP contribution in [0.5, 0.6) is 0 Å². The van der Waals surface area contributed by atoms with Gasteiger partial charge in [0.15, 0.2) is 9.84 Å². The van der Waals surface area contributed by atoms with Gasteiger partial charge in [-0.3, -0.25) is 19.4 Å².